The molecular weight excluding hydrogens is 360 g/mol. The van der Waals surface area contributed by atoms with Crippen LogP contribution in [0.15, 0.2) is 47.6 Å². The lowest BCUT2D eigenvalue weighted by Crippen LogP contribution is -2.06. The molecule has 0 unspecified atom stereocenters. The SMILES string of the molecule is CC(=O)c1cnc(OC/C(=C/Nc2ccc(C)c(OC(F)F)c2)N=N)nc1. The van der Waals surface area contributed by atoms with Crippen LogP contribution in [-0.2, 0) is 0 Å². The predicted molar refractivity (Wildman–Crippen MR) is 92.2 cm³/mol. The van der Waals surface area contributed by atoms with Crippen LogP contribution in [0.4, 0.5) is 14.5 Å². The Balaban J connectivity index is 1.99. The smallest absolute Gasteiger partial charge is 0.387 e. The molecule has 8 nitrogen and oxygen atoms in total. The lowest BCUT2D eigenvalue weighted by molar-refractivity contribution is -0.0502. The van der Waals surface area contributed by atoms with E-state index in [0.717, 1.165) is 0 Å². The van der Waals surface area contributed by atoms with Gasteiger partial charge in [0, 0.05) is 30.3 Å². The number of aromatic nitrogens is 2. The van der Waals surface area contributed by atoms with Gasteiger partial charge in [-0.05, 0) is 25.5 Å². The second-order valence-corrected chi connectivity index (χ2v) is 5.35. The van der Waals surface area contributed by atoms with Crippen LogP contribution in [0.1, 0.15) is 22.8 Å². The van der Waals surface area contributed by atoms with Gasteiger partial charge in [-0.15, -0.1) is 0 Å². The molecule has 0 atom stereocenters. The Labute approximate surface area is 153 Å². The maximum atomic E-state index is 12.4. The van der Waals surface area contributed by atoms with Gasteiger partial charge in [-0.3, -0.25) is 4.79 Å². The maximum Gasteiger partial charge on any atom is 0.387 e. The summed E-state index contributed by atoms with van der Waals surface area (Å²) >= 11 is 0. The van der Waals surface area contributed by atoms with Crippen LogP contribution in [0.5, 0.6) is 11.8 Å². The van der Waals surface area contributed by atoms with Crippen LogP contribution in [0.2, 0.25) is 0 Å². The van der Waals surface area contributed by atoms with Crippen molar-refractivity contribution in [1.29, 1.82) is 5.53 Å². The van der Waals surface area contributed by atoms with Gasteiger partial charge in [-0.1, -0.05) is 6.07 Å². The van der Waals surface area contributed by atoms with E-state index in [9.17, 15) is 13.6 Å². The Bertz CT molecular complexity index is 841. The highest BCUT2D eigenvalue weighted by Gasteiger charge is 2.08. The number of nitrogens with one attached hydrogen (secondary N) is 2. The zero-order valence-corrected chi connectivity index (χ0v) is 14.6. The second kappa shape index (κ2) is 9.32. The average molecular weight is 377 g/mol. The van der Waals surface area contributed by atoms with Gasteiger partial charge in [0.05, 0.1) is 5.56 Å². The number of carbonyl (C=O) groups is 1. The number of ether oxygens (including phenoxy) is 2. The first kappa shape index (κ1) is 19.9. The van der Waals surface area contributed by atoms with Gasteiger partial charge in [0.15, 0.2) is 5.78 Å². The maximum absolute atomic E-state index is 12.4. The average Bonchev–Trinajstić information content (AvgIpc) is 2.64. The summed E-state index contributed by atoms with van der Waals surface area (Å²) in [5, 5.41) is 6.15. The van der Waals surface area contributed by atoms with Crippen LogP contribution in [0.3, 0.4) is 0 Å². The highest BCUT2D eigenvalue weighted by Crippen LogP contribution is 2.24. The molecule has 0 saturated heterocycles. The first-order chi connectivity index (χ1) is 12.9. The number of anilines is 1. The van der Waals surface area contributed by atoms with Gasteiger partial charge in [-0.2, -0.15) is 13.9 Å². The number of hydrogen-bond donors (Lipinski definition) is 2. The monoisotopic (exact) mass is 377 g/mol. The highest BCUT2D eigenvalue weighted by molar-refractivity contribution is 5.93. The number of carbonyl (C=O) groups excluding carboxylic acids is 1. The summed E-state index contributed by atoms with van der Waals surface area (Å²) in [4.78, 5) is 18.9. The molecule has 2 rings (SSSR count). The topological polar surface area (TPSA) is 110 Å². The van der Waals surface area contributed by atoms with E-state index in [-0.39, 0.29) is 29.8 Å². The molecule has 142 valence electrons. The third-order valence-electron chi connectivity index (χ3n) is 3.34. The summed E-state index contributed by atoms with van der Waals surface area (Å²) in [5.41, 5.74) is 8.76. The van der Waals surface area contributed by atoms with E-state index in [1.165, 1.54) is 31.6 Å². The Morgan fingerprint density at radius 3 is 2.67 bits per heavy atom. The van der Waals surface area contributed by atoms with E-state index in [1.807, 2.05) is 0 Å². The first-order valence-electron chi connectivity index (χ1n) is 7.73. The van der Waals surface area contributed by atoms with Gasteiger partial charge < -0.3 is 14.8 Å². The number of aryl methyl sites for hydroxylation is 1. The number of rotatable bonds is 9. The summed E-state index contributed by atoms with van der Waals surface area (Å²) in [5.74, 6) is -0.122. The zero-order valence-electron chi connectivity index (χ0n) is 14.6. The number of Topliss-reactive ketones (excluding diaryl/α,β-unsaturated/α-hetero) is 1. The third-order valence-corrected chi connectivity index (χ3v) is 3.34. The molecule has 0 bridgehead atoms. The van der Waals surface area contributed by atoms with Crippen molar-refractivity contribution < 1.29 is 23.0 Å². The highest BCUT2D eigenvalue weighted by atomic mass is 19.3. The molecule has 1 aromatic heterocycles. The number of hydrogen-bond acceptors (Lipinski definition) is 8. The van der Waals surface area contributed by atoms with E-state index >= 15 is 0 Å². The van der Waals surface area contributed by atoms with Crippen LogP contribution in [-0.4, -0.2) is 29.0 Å². The molecule has 0 fully saturated rings. The van der Waals surface area contributed by atoms with Crippen LogP contribution in [0, 0.1) is 12.5 Å². The quantitative estimate of drug-likeness (QED) is 0.506. The molecule has 1 aromatic carbocycles. The minimum absolute atomic E-state index is 0.0255. The van der Waals surface area contributed by atoms with Gasteiger partial charge in [0.1, 0.15) is 18.1 Å². The minimum Gasteiger partial charge on any atom is -0.457 e. The molecule has 1 heterocycles. The summed E-state index contributed by atoms with van der Waals surface area (Å²) < 4.78 is 34.5. The molecule has 0 aliphatic carbocycles. The molecular formula is C17H17F2N5O3. The molecule has 0 radical (unpaired) electrons. The lowest BCUT2D eigenvalue weighted by Gasteiger charge is -2.10. The molecule has 0 saturated carbocycles. The molecule has 0 aliphatic heterocycles. The van der Waals surface area contributed by atoms with Crippen molar-refractivity contribution in [2.75, 3.05) is 11.9 Å². The van der Waals surface area contributed by atoms with Crippen molar-refractivity contribution in [1.82, 2.24) is 9.97 Å². The molecule has 27 heavy (non-hydrogen) atoms. The summed E-state index contributed by atoms with van der Waals surface area (Å²) in [7, 11) is 0. The van der Waals surface area contributed by atoms with E-state index in [4.69, 9.17) is 10.3 Å². The molecule has 10 heteroatoms. The van der Waals surface area contributed by atoms with Crippen molar-refractivity contribution in [3.8, 4) is 11.8 Å². The van der Waals surface area contributed by atoms with Crippen LogP contribution < -0.4 is 14.8 Å². The Kier molecular flexibility index (Phi) is 6.86. The lowest BCUT2D eigenvalue weighted by atomic mass is 10.2. The predicted octanol–water partition coefficient (Wildman–Crippen LogP) is 3.95. The van der Waals surface area contributed by atoms with E-state index in [1.54, 1.807) is 19.1 Å². The van der Waals surface area contributed by atoms with Gasteiger partial charge in [-0.25, -0.2) is 15.5 Å². The fraction of sp³-hybridized carbons (Fsp3) is 0.235. The van der Waals surface area contributed by atoms with Gasteiger partial charge in [0.2, 0.25) is 0 Å². The summed E-state index contributed by atoms with van der Waals surface area (Å²) in [6.45, 7) is 0.0131. The first-order valence-corrected chi connectivity index (χ1v) is 7.73. The number of ketones is 1. The number of alkyl halides is 2. The largest absolute Gasteiger partial charge is 0.457 e. The third kappa shape index (κ3) is 6.10. The van der Waals surface area contributed by atoms with E-state index in [0.29, 0.717) is 16.8 Å². The standard InChI is InChI=1S/C17H17F2N5O3/c1-10-3-4-13(5-15(10)27-16(18)19)21-8-14(24-20)9-26-17-22-6-12(7-23-17)11(2)25/h3-8,16,20-21H,9H2,1-2H3/b14-8-,24-20?. The Morgan fingerprint density at radius 2 is 2.07 bits per heavy atom. The number of benzene rings is 1. The van der Waals surface area contributed by atoms with Crippen molar-refractivity contribution in [3.63, 3.8) is 0 Å². The molecule has 0 spiro atoms. The van der Waals surface area contributed by atoms with Crippen molar-refractivity contribution >= 4 is 11.5 Å². The normalized spacial score (nSPS) is 11.2. The molecule has 2 aromatic rings. The Hall–Kier alpha value is -3.43. The number of halogens is 2. The number of nitrogens with zero attached hydrogens (tertiary/aromatic N) is 3. The van der Waals surface area contributed by atoms with Crippen molar-refractivity contribution in [2.45, 2.75) is 20.5 Å². The van der Waals surface area contributed by atoms with Crippen molar-refractivity contribution in [3.05, 3.63) is 53.6 Å². The van der Waals surface area contributed by atoms with Gasteiger partial charge >= 0.3 is 12.6 Å². The fourth-order valence-electron chi connectivity index (χ4n) is 1.90. The molecule has 0 aliphatic rings. The van der Waals surface area contributed by atoms with E-state index < -0.39 is 6.61 Å². The van der Waals surface area contributed by atoms with Crippen molar-refractivity contribution in [2.24, 2.45) is 5.11 Å². The van der Waals surface area contributed by atoms with Crippen LogP contribution >= 0.6 is 0 Å². The Morgan fingerprint density at radius 1 is 1.37 bits per heavy atom. The van der Waals surface area contributed by atoms with Gasteiger partial charge in [0.25, 0.3) is 0 Å². The van der Waals surface area contributed by atoms with Crippen LogP contribution in [0.25, 0.3) is 0 Å². The zero-order chi connectivity index (χ0) is 19.8. The second-order valence-electron chi connectivity index (χ2n) is 5.35. The summed E-state index contributed by atoms with van der Waals surface area (Å²) in [6.07, 6.45) is 4.05. The fourth-order valence-corrected chi connectivity index (χ4v) is 1.90. The van der Waals surface area contributed by atoms with E-state index in [2.05, 4.69) is 25.1 Å². The minimum atomic E-state index is -2.92. The molecule has 2 N–H and O–H groups in total. The summed E-state index contributed by atoms with van der Waals surface area (Å²) in [6, 6.07) is 4.71. The molecule has 0 amide bonds.